The predicted octanol–water partition coefficient (Wildman–Crippen LogP) is 2.51. The predicted molar refractivity (Wildman–Crippen MR) is 68.3 cm³/mol. The topological polar surface area (TPSA) is 55.5 Å². The van der Waals surface area contributed by atoms with E-state index in [9.17, 15) is 5.11 Å². The lowest BCUT2D eigenvalue weighted by atomic mass is 9.77. The first kappa shape index (κ1) is 12.7. The van der Waals surface area contributed by atoms with Crippen LogP contribution in [0.3, 0.4) is 0 Å². The maximum absolute atomic E-state index is 10.2. The lowest BCUT2D eigenvalue weighted by Crippen LogP contribution is -2.36. The van der Waals surface area contributed by atoms with Gasteiger partial charge in [-0.25, -0.2) is 0 Å². The molecule has 3 N–H and O–H groups in total. The summed E-state index contributed by atoms with van der Waals surface area (Å²) in [5.41, 5.74) is 6.88. The monoisotopic (exact) mass is 255 g/mol. The van der Waals surface area contributed by atoms with Crippen LogP contribution in [-0.4, -0.2) is 18.3 Å². The van der Waals surface area contributed by atoms with Gasteiger partial charge < -0.3 is 15.6 Å². The summed E-state index contributed by atoms with van der Waals surface area (Å²) < 4.78 is 5.25. The van der Waals surface area contributed by atoms with Gasteiger partial charge in [0, 0.05) is 10.6 Å². The third-order valence-electron chi connectivity index (χ3n) is 3.55. The number of aliphatic hydroxyl groups excluding tert-OH is 1. The van der Waals surface area contributed by atoms with Crippen molar-refractivity contribution in [1.82, 2.24) is 0 Å². The third kappa shape index (κ3) is 2.57. The smallest absolute Gasteiger partial charge is 0.123 e. The van der Waals surface area contributed by atoms with E-state index >= 15 is 0 Å². The van der Waals surface area contributed by atoms with Crippen LogP contribution in [0.4, 0.5) is 0 Å². The van der Waals surface area contributed by atoms with Crippen molar-refractivity contribution < 1.29 is 9.84 Å². The first-order valence-electron chi connectivity index (χ1n) is 5.90. The van der Waals surface area contributed by atoms with Gasteiger partial charge in [0.15, 0.2) is 0 Å². The molecule has 0 unspecified atom stereocenters. The Labute approximate surface area is 107 Å². The average molecular weight is 256 g/mol. The maximum Gasteiger partial charge on any atom is 0.123 e. The molecule has 0 aliphatic heterocycles. The Morgan fingerprint density at radius 2 is 2.18 bits per heavy atom. The zero-order valence-corrected chi connectivity index (χ0v) is 10.7. The molecule has 0 saturated heterocycles. The number of hydrogen-bond donors (Lipinski definition) is 2. The molecule has 2 rings (SSSR count). The Bertz CT molecular complexity index is 393. The van der Waals surface area contributed by atoms with Gasteiger partial charge in [-0.2, -0.15) is 0 Å². The summed E-state index contributed by atoms with van der Waals surface area (Å²) >= 11 is 5.96. The van der Waals surface area contributed by atoms with Gasteiger partial charge in [-0.1, -0.05) is 18.0 Å². The normalized spacial score (nSPS) is 19.5. The molecule has 0 bridgehead atoms. The molecule has 0 heterocycles. The number of aliphatic hydroxyl groups is 1. The lowest BCUT2D eigenvalue weighted by molar-refractivity contribution is 0.0407. The molecule has 1 aliphatic rings. The fraction of sp³-hybridized carbons (Fsp3) is 0.538. The lowest BCUT2D eigenvalue weighted by Gasteiger charge is -2.34. The quantitative estimate of drug-likeness (QED) is 0.869. The summed E-state index contributed by atoms with van der Waals surface area (Å²) in [4.78, 5) is 0. The molecular weight excluding hydrogens is 238 g/mol. The molecule has 94 valence electrons. The maximum atomic E-state index is 10.2. The second kappa shape index (κ2) is 5.25. The van der Waals surface area contributed by atoms with E-state index in [1.165, 1.54) is 6.42 Å². The van der Waals surface area contributed by atoms with Crippen LogP contribution >= 0.6 is 11.6 Å². The van der Waals surface area contributed by atoms with Crippen molar-refractivity contribution in [3.63, 3.8) is 0 Å². The number of rotatable bonds is 4. The Kier molecular flexibility index (Phi) is 3.92. The Hall–Kier alpha value is -0.770. The van der Waals surface area contributed by atoms with Crippen LogP contribution < -0.4 is 10.5 Å². The second-order valence-electron chi connectivity index (χ2n) is 4.59. The van der Waals surface area contributed by atoms with Crippen molar-refractivity contribution in [2.24, 2.45) is 11.7 Å². The molecule has 1 fully saturated rings. The Morgan fingerprint density at radius 1 is 1.47 bits per heavy atom. The van der Waals surface area contributed by atoms with Crippen molar-refractivity contribution in [2.45, 2.75) is 31.4 Å². The van der Waals surface area contributed by atoms with Gasteiger partial charge in [0.2, 0.25) is 0 Å². The highest BCUT2D eigenvalue weighted by atomic mass is 35.5. The zero-order chi connectivity index (χ0) is 12.4. The number of hydrogen-bond acceptors (Lipinski definition) is 3. The molecule has 1 aromatic carbocycles. The first-order valence-corrected chi connectivity index (χ1v) is 6.28. The van der Waals surface area contributed by atoms with E-state index in [0.717, 1.165) is 18.4 Å². The highest BCUT2D eigenvalue weighted by Crippen LogP contribution is 2.37. The summed E-state index contributed by atoms with van der Waals surface area (Å²) in [6.45, 7) is 0. The van der Waals surface area contributed by atoms with Gasteiger partial charge in [-0.3, -0.25) is 0 Å². The molecule has 0 amide bonds. The number of halogens is 1. The summed E-state index contributed by atoms with van der Waals surface area (Å²) in [5, 5.41) is 10.8. The minimum absolute atomic E-state index is 0.314. The average Bonchev–Trinajstić information content (AvgIpc) is 2.25. The molecular formula is C13H18ClNO2. The molecule has 3 nitrogen and oxygen atoms in total. The van der Waals surface area contributed by atoms with E-state index in [4.69, 9.17) is 22.1 Å². The fourth-order valence-electron chi connectivity index (χ4n) is 2.22. The third-order valence-corrected chi connectivity index (χ3v) is 3.79. The molecule has 1 aliphatic carbocycles. The molecule has 17 heavy (non-hydrogen) atoms. The van der Waals surface area contributed by atoms with Crippen LogP contribution in [-0.2, 0) is 0 Å². The summed E-state index contributed by atoms with van der Waals surface area (Å²) in [6, 6.07) is 4.87. The van der Waals surface area contributed by atoms with Gasteiger partial charge in [0.25, 0.3) is 0 Å². The second-order valence-corrected chi connectivity index (χ2v) is 5.03. The van der Waals surface area contributed by atoms with Crippen LogP contribution in [0.1, 0.15) is 30.9 Å². The number of benzene rings is 1. The van der Waals surface area contributed by atoms with Crippen molar-refractivity contribution in [3.8, 4) is 5.75 Å². The van der Waals surface area contributed by atoms with E-state index in [1.807, 2.05) is 0 Å². The Morgan fingerprint density at radius 3 is 2.71 bits per heavy atom. The van der Waals surface area contributed by atoms with Crippen LogP contribution in [0.2, 0.25) is 5.02 Å². The molecule has 0 aromatic heterocycles. The van der Waals surface area contributed by atoms with E-state index in [2.05, 4.69) is 0 Å². The molecule has 0 radical (unpaired) electrons. The molecule has 0 spiro atoms. The number of ether oxygens (including phenoxy) is 1. The molecule has 4 heteroatoms. The van der Waals surface area contributed by atoms with Crippen molar-refractivity contribution >= 4 is 11.6 Å². The van der Waals surface area contributed by atoms with Gasteiger partial charge in [-0.05, 0) is 37.0 Å². The SMILES string of the molecule is COc1ccc(Cl)cc1[C@@H](N)[C@@H](O)C1CCC1. The van der Waals surface area contributed by atoms with Crippen LogP contribution in [0, 0.1) is 5.92 Å². The van der Waals surface area contributed by atoms with E-state index in [1.54, 1.807) is 25.3 Å². The summed E-state index contributed by atoms with van der Waals surface area (Å²) in [7, 11) is 1.59. The van der Waals surface area contributed by atoms with E-state index in [-0.39, 0.29) is 0 Å². The van der Waals surface area contributed by atoms with Crippen molar-refractivity contribution in [3.05, 3.63) is 28.8 Å². The molecule has 1 saturated carbocycles. The van der Waals surface area contributed by atoms with E-state index < -0.39 is 12.1 Å². The van der Waals surface area contributed by atoms with Crippen LogP contribution in [0.15, 0.2) is 18.2 Å². The highest BCUT2D eigenvalue weighted by Gasteiger charge is 2.31. The van der Waals surface area contributed by atoms with Crippen molar-refractivity contribution in [2.75, 3.05) is 7.11 Å². The molecule has 1 aromatic rings. The number of methoxy groups -OCH3 is 1. The first-order chi connectivity index (χ1) is 8.13. The summed E-state index contributed by atoms with van der Waals surface area (Å²) in [6.07, 6.45) is 2.77. The minimum atomic E-state index is -0.517. The zero-order valence-electron chi connectivity index (χ0n) is 9.90. The minimum Gasteiger partial charge on any atom is -0.496 e. The van der Waals surface area contributed by atoms with Crippen LogP contribution in [0.25, 0.3) is 0 Å². The summed E-state index contributed by atoms with van der Waals surface area (Å²) in [5.74, 6) is 0.994. The number of nitrogens with two attached hydrogens (primary N) is 1. The largest absolute Gasteiger partial charge is 0.496 e. The van der Waals surface area contributed by atoms with Gasteiger partial charge in [0.1, 0.15) is 5.75 Å². The van der Waals surface area contributed by atoms with E-state index in [0.29, 0.717) is 16.7 Å². The van der Waals surface area contributed by atoms with Gasteiger partial charge in [0.05, 0.1) is 19.3 Å². The fourth-order valence-corrected chi connectivity index (χ4v) is 2.40. The van der Waals surface area contributed by atoms with Gasteiger partial charge in [-0.15, -0.1) is 0 Å². The van der Waals surface area contributed by atoms with Crippen molar-refractivity contribution in [1.29, 1.82) is 0 Å². The Balaban J connectivity index is 2.21. The van der Waals surface area contributed by atoms with Crippen LogP contribution in [0.5, 0.6) is 5.75 Å². The highest BCUT2D eigenvalue weighted by molar-refractivity contribution is 6.30. The molecule has 2 atom stereocenters. The standard InChI is InChI=1S/C13H18ClNO2/c1-17-11-6-5-9(14)7-10(11)12(15)13(16)8-3-2-4-8/h5-8,12-13,16H,2-4,15H2,1H3/t12-,13+/m1/s1. The van der Waals surface area contributed by atoms with Gasteiger partial charge >= 0.3 is 0 Å².